The van der Waals surface area contributed by atoms with Crippen molar-refractivity contribution in [1.29, 1.82) is 0 Å². The summed E-state index contributed by atoms with van der Waals surface area (Å²) in [4.78, 5) is 10.7. The normalized spacial score (nSPS) is 15.3. The molecule has 0 amide bonds. The maximum Gasteiger partial charge on any atom is 0.178 e. The van der Waals surface area contributed by atoms with Gasteiger partial charge in [-0.25, -0.2) is 22.8 Å². The van der Waals surface area contributed by atoms with Crippen molar-refractivity contribution in [3.8, 4) is 0 Å². The lowest BCUT2D eigenvalue weighted by molar-refractivity contribution is 0.250. The fourth-order valence-corrected chi connectivity index (χ4v) is 4.03. The Hall–Kier alpha value is -1.86. The molecule has 0 unspecified atom stereocenters. The molecule has 0 radical (unpaired) electrons. The van der Waals surface area contributed by atoms with Gasteiger partial charge in [0.05, 0.1) is 16.3 Å². The number of sulfone groups is 1. The maximum absolute atomic E-state index is 12.9. The summed E-state index contributed by atoms with van der Waals surface area (Å²) in [7, 11) is -3.36. The van der Waals surface area contributed by atoms with Crippen LogP contribution in [0.5, 0.6) is 0 Å². The fourth-order valence-electron chi connectivity index (χ4n) is 2.73. The molecule has 23 heavy (non-hydrogen) atoms. The predicted molar refractivity (Wildman–Crippen MR) is 84.1 cm³/mol. The van der Waals surface area contributed by atoms with Crippen molar-refractivity contribution in [3.05, 3.63) is 53.9 Å². The molecule has 0 bridgehead atoms. The molecule has 0 saturated heterocycles. The van der Waals surface area contributed by atoms with Gasteiger partial charge in [0.25, 0.3) is 0 Å². The first-order chi connectivity index (χ1) is 11.0. The Morgan fingerprint density at radius 1 is 1.22 bits per heavy atom. The summed E-state index contributed by atoms with van der Waals surface area (Å²) in [5, 5.41) is 0. The molecule has 1 aliphatic heterocycles. The lowest BCUT2D eigenvalue weighted by Crippen LogP contribution is -2.32. The zero-order valence-electron chi connectivity index (χ0n) is 12.7. The molecule has 1 aliphatic rings. The van der Waals surface area contributed by atoms with Crippen LogP contribution in [0.2, 0.25) is 0 Å². The van der Waals surface area contributed by atoms with E-state index in [-0.39, 0.29) is 10.6 Å². The summed E-state index contributed by atoms with van der Waals surface area (Å²) in [5.74, 6) is -0.371. The van der Waals surface area contributed by atoms with E-state index < -0.39 is 15.7 Å². The van der Waals surface area contributed by atoms with Gasteiger partial charge in [0, 0.05) is 19.3 Å². The smallest absolute Gasteiger partial charge is 0.178 e. The molecule has 0 N–H and O–H groups in total. The number of rotatable bonds is 5. The Bertz CT molecular complexity index is 778. The highest BCUT2D eigenvalue weighted by Crippen LogP contribution is 2.17. The Kier molecular flexibility index (Phi) is 4.68. The molecular weight excluding hydrogens is 317 g/mol. The summed E-state index contributed by atoms with van der Waals surface area (Å²) < 4.78 is 37.3. The molecular formula is C16H18FN3O2S. The number of fused-ring (bicyclic) bond motifs is 1. The van der Waals surface area contributed by atoms with Gasteiger partial charge in [-0.05, 0) is 49.2 Å². The van der Waals surface area contributed by atoms with Gasteiger partial charge in [0.15, 0.2) is 9.84 Å². The Morgan fingerprint density at radius 3 is 2.78 bits per heavy atom. The Balaban J connectivity index is 1.55. The van der Waals surface area contributed by atoms with E-state index in [1.54, 1.807) is 6.33 Å². The Morgan fingerprint density at radius 2 is 2.00 bits per heavy atom. The number of nitrogens with zero attached hydrogens (tertiary/aromatic N) is 3. The average Bonchev–Trinajstić information content (AvgIpc) is 2.55. The van der Waals surface area contributed by atoms with Gasteiger partial charge in [-0.3, -0.25) is 4.90 Å². The molecule has 1 aromatic carbocycles. The molecule has 0 spiro atoms. The van der Waals surface area contributed by atoms with Crippen LogP contribution in [0, 0.1) is 5.82 Å². The van der Waals surface area contributed by atoms with E-state index >= 15 is 0 Å². The third-order valence-corrected chi connectivity index (χ3v) is 5.83. The van der Waals surface area contributed by atoms with Crippen LogP contribution in [0.1, 0.15) is 17.7 Å². The van der Waals surface area contributed by atoms with E-state index in [0.717, 1.165) is 25.2 Å². The van der Waals surface area contributed by atoms with Gasteiger partial charge in [0.1, 0.15) is 12.1 Å². The molecule has 0 atom stereocenters. The number of aromatic nitrogens is 2. The van der Waals surface area contributed by atoms with Gasteiger partial charge in [-0.15, -0.1) is 0 Å². The highest BCUT2D eigenvalue weighted by Gasteiger charge is 2.19. The standard InChI is InChI=1S/C16H18FN3O2S/c17-14-2-4-15(5-3-14)23(21,22)9-1-7-20-8-6-13-10-18-12-19-16(13)11-20/h2-5,10,12H,1,6-9,11H2. The second-order valence-electron chi connectivity index (χ2n) is 5.65. The summed E-state index contributed by atoms with van der Waals surface area (Å²) in [5.41, 5.74) is 2.19. The molecule has 0 saturated carbocycles. The zero-order chi connectivity index (χ0) is 16.3. The summed E-state index contributed by atoms with van der Waals surface area (Å²) >= 11 is 0. The van der Waals surface area contributed by atoms with Gasteiger partial charge in [-0.1, -0.05) is 0 Å². The van der Waals surface area contributed by atoms with E-state index in [2.05, 4.69) is 14.9 Å². The lowest BCUT2D eigenvalue weighted by Gasteiger charge is -2.27. The average molecular weight is 335 g/mol. The van der Waals surface area contributed by atoms with E-state index in [1.807, 2.05) is 6.20 Å². The van der Waals surface area contributed by atoms with Crippen LogP contribution in [0.25, 0.3) is 0 Å². The monoisotopic (exact) mass is 335 g/mol. The minimum absolute atomic E-state index is 0.0613. The van der Waals surface area contributed by atoms with Crippen LogP contribution >= 0.6 is 0 Å². The Labute approximate surface area is 135 Å². The van der Waals surface area contributed by atoms with E-state index in [0.29, 0.717) is 13.0 Å². The van der Waals surface area contributed by atoms with Crippen molar-refractivity contribution >= 4 is 9.84 Å². The van der Waals surface area contributed by atoms with E-state index in [4.69, 9.17) is 0 Å². The molecule has 1 aromatic heterocycles. The first-order valence-corrected chi connectivity index (χ1v) is 9.18. The van der Waals surface area contributed by atoms with Crippen LogP contribution in [-0.2, 0) is 22.8 Å². The lowest BCUT2D eigenvalue weighted by atomic mass is 10.1. The molecule has 3 rings (SSSR count). The first kappa shape index (κ1) is 16.0. The fraction of sp³-hybridized carbons (Fsp3) is 0.375. The molecule has 7 heteroatoms. The molecule has 122 valence electrons. The van der Waals surface area contributed by atoms with E-state index in [1.165, 1.54) is 29.8 Å². The van der Waals surface area contributed by atoms with Crippen LogP contribution in [0.15, 0.2) is 41.7 Å². The van der Waals surface area contributed by atoms with Gasteiger partial charge >= 0.3 is 0 Å². The van der Waals surface area contributed by atoms with Gasteiger partial charge in [-0.2, -0.15) is 0 Å². The van der Waals surface area contributed by atoms with Crippen LogP contribution < -0.4 is 0 Å². The van der Waals surface area contributed by atoms with Crippen molar-refractivity contribution in [3.63, 3.8) is 0 Å². The van der Waals surface area contributed by atoms with Gasteiger partial charge in [0.2, 0.25) is 0 Å². The highest BCUT2D eigenvalue weighted by atomic mass is 32.2. The van der Waals surface area contributed by atoms with E-state index in [9.17, 15) is 12.8 Å². The van der Waals surface area contributed by atoms with Crippen molar-refractivity contribution in [2.24, 2.45) is 0 Å². The maximum atomic E-state index is 12.9. The third-order valence-electron chi connectivity index (χ3n) is 4.01. The predicted octanol–water partition coefficient (Wildman–Crippen LogP) is 1.84. The minimum Gasteiger partial charge on any atom is -0.297 e. The third kappa shape index (κ3) is 3.92. The number of hydrogen-bond donors (Lipinski definition) is 0. The number of halogens is 1. The SMILES string of the molecule is O=S(=O)(CCCN1CCc2cncnc2C1)c1ccc(F)cc1. The number of benzene rings is 1. The van der Waals surface area contributed by atoms with Crippen LogP contribution in [-0.4, -0.2) is 42.1 Å². The van der Waals surface area contributed by atoms with Crippen molar-refractivity contribution in [2.45, 2.75) is 24.3 Å². The molecule has 2 heterocycles. The molecule has 5 nitrogen and oxygen atoms in total. The van der Waals surface area contributed by atoms with Crippen LogP contribution in [0.4, 0.5) is 4.39 Å². The minimum atomic E-state index is -3.36. The largest absolute Gasteiger partial charge is 0.297 e. The summed E-state index contributed by atoms with van der Waals surface area (Å²) in [6.45, 7) is 2.31. The highest BCUT2D eigenvalue weighted by molar-refractivity contribution is 7.91. The van der Waals surface area contributed by atoms with Crippen molar-refractivity contribution in [2.75, 3.05) is 18.8 Å². The number of hydrogen-bond acceptors (Lipinski definition) is 5. The molecule has 2 aromatic rings. The van der Waals surface area contributed by atoms with Crippen LogP contribution in [0.3, 0.4) is 0 Å². The topological polar surface area (TPSA) is 63.2 Å². The van der Waals surface area contributed by atoms with Crippen molar-refractivity contribution < 1.29 is 12.8 Å². The van der Waals surface area contributed by atoms with Crippen molar-refractivity contribution in [1.82, 2.24) is 14.9 Å². The summed E-state index contributed by atoms with van der Waals surface area (Å²) in [6.07, 6.45) is 4.82. The molecule has 0 aliphatic carbocycles. The summed E-state index contributed by atoms with van der Waals surface area (Å²) in [6, 6.07) is 4.99. The quantitative estimate of drug-likeness (QED) is 0.780. The zero-order valence-corrected chi connectivity index (χ0v) is 13.5. The second kappa shape index (κ2) is 6.72. The first-order valence-electron chi connectivity index (χ1n) is 7.53. The second-order valence-corrected chi connectivity index (χ2v) is 7.76. The van der Waals surface area contributed by atoms with Gasteiger partial charge < -0.3 is 0 Å². The molecule has 0 fully saturated rings.